The molecule has 0 saturated carbocycles. The number of carbonyl (C=O) groups is 1. The van der Waals surface area contributed by atoms with Gasteiger partial charge >= 0.3 is 0 Å². The lowest BCUT2D eigenvalue weighted by Gasteiger charge is -2.12. The Hall–Kier alpha value is -4.11. The Morgan fingerprint density at radius 2 is 1.67 bits per heavy atom. The predicted molar refractivity (Wildman–Crippen MR) is 130 cm³/mol. The number of hydrogen-bond acceptors (Lipinski definition) is 5. The van der Waals surface area contributed by atoms with Crippen LogP contribution < -0.4 is 16.8 Å². The van der Waals surface area contributed by atoms with Gasteiger partial charge in [0.25, 0.3) is 5.91 Å². The average Bonchev–Trinajstić information content (AvgIpc) is 3.18. The van der Waals surface area contributed by atoms with Crippen molar-refractivity contribution < 1.29 is 13.2 Å². The van der Waals surface area contributed by atoms with Crippen molar-refractivity contribution >= 4 is 43.9 Å². The zero-order chi connectivity index (χ0) is 23.6. The van der Waals surface area contributed by atoms with Gasteiger partial charge in [-0.05, 0) is 48.5 Å². The molecule has 0 saturated heterocycles. The zero-order valence-electron chi connectivity index (χ0n) is 17.7. The first-order chi connectivity index (χ1) is 15.7. The number of nitrogens with two attached hydrogens (primary N) is 2. The smallest absolute Gasteiger partial charge is 0.272 e. The van der Waals surface area contributed by atoms with E-state index < -0.39 is 15.7 Å². The van der Waals surface area contributed by atoms with Crippen LogP contribution >= 0.6 is 0 Å². The van der Waals surface area contributed by atoms with E-state index in [0.717, 1.165) is 5.39 Å². The van der Waals surface area contributed by atoms with E-state index >= 15 is 0 Å². The summed E-state index contributed by atoms with van der Waals surface area (Å²) in [4.78, 5) is 13.3. The number of rotatable bonds is 7. The number of amides is 1. The fraction of sp³-hybridized carbons (Fsp3) is 0.0833. The second-order valence-corrected chi connectivity index (χ2v) is 9.69. The Morgan fingerprint density at radius 1 is 0.970 bits per heavy atom. The Labute approximate surface area is 191 Å². The molecule has 8 nitrogen and oxygen atoms in total. The van der Waals surface area contributed by atoms with Crippen molar-refractivity contribution in [1.29, 1.82) is 5.41 Å². The number of nitrogens with one attached hydrogen (secondary N) is 2. The van der Waals surface area contributed by atoms with E-state index in [0.29, 0.717) is 28.1 Å². The molecule has 1 heterocycles. The summed E-state index contributed by atoms with van der Waals surface area (Å²) < 4.78 is 27.4. The van der Waals surface area contributed by atoms with E-state index in [-0.39, 0.29) is 23.0 Å². The maximum Gasteiger partial charge on any atom is 0.272 e. The van der Waals surface area contributed by atoms with Gasteiger partial charge in [0.1, 0.15) is 11.5 Å². The molecule has 1 aromatic heterocycles. The predicted octanol–water partition coefficient (Wildman–Crippen LogP) is 3.23. The number of sulfone groups is 1. The van der Waals surface area contributed by atoms with Crippen molar-refractivity contribution in [3.63, 3.8) is 0 Å². The number of nitrogens with zero attached hydrogens (tertiary/aromatic N) is 1. The maximum absolute atomic E-state index is 13.1. The first-order valence-corrected chi connectivity index (χ1v) is 11.8. The third-order valence-corrected chi connectivity index (χ3v) is 7.01. The zero-order valence-corrected chi connectivity index (χ0v) is 18.5. The third kappa shape index (κ3) is 4.73. The number of anilines is 2. The molecule has 0 aliphatic carbocycles. The molecule has 0 bridgehead atoms. The van der Waals surface area contributed by atoms with Crippen molar-refractivity contribution in [3.05, 3.63) is 90.1 Å². The highest BCUT2D eigenvalue weighted by Gasteiger charge is 2.20. The summed E-state index contributed by atoms with van der Waals surface area (Å²) in [5.41, 5.74) is 13.9. The van der Waals surface area contributed by atoms with Crippen molar-refractivity contribution in [2.75, 3.05) is 16.8 Å². The quantitative estimate of drug-likeness (QED) is 0.190. The SMILES string of the molecule is N=C(N)c1ccc2cc(C(=O)Nc3ccc(N)cc3)n(CCS(=O)(=O)c3ccccc3)c2c1. The lowest BCUT2D eigenvalue weighted by Crippen LogP contribution is -2.20. The van der Waals surface area contributed by atoms with Gasteiger partial charge in [-0.3, -0.25) is 10.2 Å². The Balaban J connectivity index is 1.72. The van der Waals surface area contributed by atoms with E-state index in [4.69, 9.17) is 16.9 Å². The maximum atomic E-state index is 13.1. The minimum absolute atomic E-state index is 0.0482. The third-order valence-electron chi connectivity index (χ3n) is 5.30. The van der Waals surface area contributed by atoms with Crippen LogP contribution in [-0.2, 0) is 16.4 Å². The van der Waals surface area contributed by atoms with Gasteiger partial charge in [-0.1, -0.05) is 30.3 Å². The summed E-state index contributed by atoms with van der Waals surface area (Å²) in [5, 5.41) is 11.3. The van der Waals surface area contributed by atoms with Crippen molar-refractivity contribution in [2.45, 2.75) is 11.4 Å². The number of aromatic nitrogens is 1. The summed E-state index contributed by atoms with van der Waals surface area (Å²) in [6, 6.07) is 21.7. The van der Waals surface area contributed by atoms with Gasteiger partial charge in [0.05, 0.1) is 10.6 Å². The second-order valence-electron chi connectivity index (χ2n) is 7.58. The minimum Gasteiger partial charge on any atom is -0.399 e. The summed E-state index contributed by atoms with van der Waals surface area (Å²) >= 11 is 0. The highest BCUT2D eigenvalue weighted by atomic mass is 32.2. The van der Waals surface area contributed by atoms with Crippen molar-refractivity contribution in [3.8, 4) is 0 Å². The number of benzene rings is 3. The molecule has 168 valence electrons. The molecule has 4 rings (SSSR count). The van der Waals surface area contributed by atoms with Crippen LogP contribution in [0.25, 0.3) is 10.9 Å². The standard InChI is InChI=1S/C24H23N5O3S/c25-18-8-10-19(11-9-18)28-24(30)22-14-16-6-7-17(23(26)27)15-21(16)29(22)12-13-33(31,32)20-4-2-1-3-5-20/h1-11,14-15H,12-13,25H2,(H3,26,27)(H,28,30). The molecule has 6 N–H and O–H groups in total. The van der Waals surface area contributed by atoms with Crippen LogP contribution in [0.3, 0.4) is 0 Å². The Morgan fingerprint density at radius 3 is 2.33 bits per heavy atom. The molecule has 33 heavy (non-hydrogen) atoms. The summed E-state index contributed by atoms with van der Waals surface area (Å²) in [5.74, 6) is -0.709. The van der Waals surface area contributed by atoms with E-state index in [1.165, 1.54) is 0 Å². The molecule has 0 spiro atoms. The van der Waals surface area contributed by atoms with E-state index in [1.807, 2.05) is 0 Å². The van der Waals surface area contributed by atoms with Crippen LogP contribution in [0, 0.1) is 5.41 Å². The summed E-state index contributed by atoms with van der Waals surface area (Å²) in [6.07, 6.45) is 0. The molecule has 0 fully saturated rings. The van der Waals surface area contributed by atoms with E-state index in [1.54, 1.807) is 83.4 Å². The number of carbonyl (C=O) groups excluding carboxylic acids is 1. The van der Waals surface area contributed by atoms with Gasteiger partial charge in [-0.15, -0.1) is 0 Å². The highest BCUT2D eigenvalue weighted by molar-refractivity contribution is 7.91. The monoisotopic (exact) mass is 461 g/mol. The lowest BCUT2D eigenvalue weighted by atomic mass is 10.1. The summed E-state index contributed by atoms with van der Waals surface area (Å²) in [6.45, 7) is 0.0482. The van der Waals surface area contributed by atoms with Crippen LogP contribution in [0.5, 0.6) is 0 Å². The van der Waals surface area contributed by atoms with Gasteiger partial charge in [0.15, 0.2) is 9.84 Å². The van der Waals surface area contributed by atoms with Crippen LogP contribution in [0.4, 0.5) is 11.4 Å². The largest absolute Gasteiger partial charge is 0.399 e. The Bertz CT molecular complexity index is 1440. The number of amidine groups is 1. The van der Waals surface area contributed by atoms with Gasteiger partial charge in [-0.25, -0.2) is 8.42 Å². The Kier molecular flexibility index (Phi) is 5.89. The molecule has 0 aliphatic rings. The molecule has 3 aromatic carbocycles. The highest BCUT2D eigenvalue weighted by Crippen LogP contribution is 2.24. The first-order valence-electron chi connectivity index (χ1n) is 10.2. The molecule has 9 heteroatoms. The molecule has 0 unspecified atom stereocenters. The average molecular weight is 462 g/mol. The second kappa shape index (κ2) is 8.79. The van der Waals surface area contributed by atoms with Crippen LogP contribution in [0.1, 0.15) is 16.1 Å². The number of nitrogen functional groups attached to an aromatic ring is 2. The van der Waals surface area contributed by atoms with Gasteiger partial charge in [0.2, 0.25) is 0 Å². The molecular weight excluding hydrogens is 438 g/mol. The first kappa shape index (κ1) is 22.1. The van der Waals surface area contributed by atoms with Crippen molar-refractivity contribution in [1.82, 2.24) is 4.57 Å². The fourth-order valence-corrected chi connectivity index (χ4v) is 4.80. The van der Waals surface area contributed by atoms with Crippen LogP contribution in [-0.4, -0.2) is 30.5 Å². The molecule has 4 aromatic rings. The van der Waals surface area contributed by atoms with Crippen LogP contribution in [0.2, 0.25) is 0 Å². The number of hydrogen-bond donors (Lipinski definition) is 4. The van der Waals surface area contributed by atoms with E-state index in [9.17, 15) is 13.2 Å². The van der Waals surface area contributed by atoms with Gasteiger partial charge in [0, 0.05) is 34.4 Å². The van der Waals surface area contributed by atoms with Gasteiger partial charge < -0.3 is 21.4 Å². The van der Waals surface area contributed by atoms with Crippen LogP contribution in [0.15, 0.2) is 83.8 Å². The number of fused-ring (bicyclic) bond motifs is 1. The molecule has 0 aliphatic heterocycles. The number of aryl methyl sites for hydroxylation is 1. The van der Waals surface area contributed by atoms with Crippen molar-refractivity contribution in [2.24, 2.45) is 5.73 Å². The van der Waals surface area contributed by atoms with Gasteiger partial charge in [-0.2, -0.15) is 0 Å². The normalized spacial score (nSPS) is 11.4. The molecule has 0 atom stereocenters. The molecular formula is C24H23N5O3S. The fourth-order valence-electron chi connectivity index (χ4n) is 3.57. The molecule has 1 amide bonds. The molecule has 0 radical (unpaired) electrons. The van der Waals surface area contributed by atoms with E-state index in [2.05, 4.69) is 5.32 Å². The minimum atomic E-state index is -3.57. The lowest BCUT2D eigenvalue weighted by molar-refractivity contribution is 0.101. The topological polar surface area (TPSA) is 144 Å². The summed E-state index contributed by atoms with van der Waals surface area (Å²) in [7, 11) is -3.57.